The molecule has 1 aliphatic rings. The summed E-state index contributed by atoms with van der Waals surface area (Å²) in [5, 5.41) is 17.5. The number of nitrogens with one attached hydrogen (secondary N) is 2. The molecule has 1 unspecified atom stereocenters. The summed E-state index contributed by atoms with van der Waals surface area (Å²) in [5.74, 6) is -0.375. The lowest BCUT2D eigenvalue weighted by Gasteiger charge is -2.25. The van der Waals surface area contributed by atoms with Crippen LogP contribution < -0.4 is 21.8 Å². The molecule has 8 nitrogen and oxygen atoms in total. The van der Waals surface area contributed by atoms with Crippen molar-refractivity contribution >= 4 is 22.2 Å². The molecule has 0 aliphatic heterocycles. The molecule has 0 spiro atoms. The van der Waals surface area contributed by atoms with Gasteiger partial charge in [-0.05, 0) is 80.1 Å². The van der Waals surface area contributed by atoms with Crippen LogP contribution >= 0.6 is 0 Å². The molecule has 212 valence electrons. The summed E-state index contributed by atoms with van der Waals surface area (Å²) in [7, 11) is 5.10. The largest absolute Gasteiger partial charge is 0.381 e. The first-order valence-corrected chi connectivity index (χ1v) is 13.4. The lowest BCUT2D eigenvalue weighted by molar-refractivity contribution is 0.512. The minimum atomic E-state index is -0.596. The number of pyridine rings is 2. The van der Waals surface area contributed by atoms with Crippen LogP contribution in [-0.2, 0) is 14.1 Å². The highest BCUT2D eigenvalue weighted by Gasteiger charge is 2.22. The van der Waals surface area contributed by atoms with Gasteiger partial charge in [-0.15, -0.1) is 0 Å². The third-order valence-electron chi connectivity index (χ3n) is 7.58. The topological polar surface area (TPSA) is 104 Å². The smallest absolute Gasteiger partial charge is 0.258 e. The van der Waals surface area contributed by atoms with Crippen molar-refractivity contribution in [1.29, 1.82) is 5.26 Å². The number of amidine groups is 1. The summed E-state index contributed by atoms with van der Waals surface area (Å²) in [5.41, 5.74) is 5.04. The van der Waals surface area contributed by atoms with Crippen molar-refractivity contribution in [2.24, 2.45) is 25.0 Å². The number of aromatic nitrogens is 2. The number of rotatable bonds is 6. The highest BCUT2D eigenvalue weighted by molar-refractivity contribution is 6.01. The second-order valence-electron chi connectivity index (χ2n) is 10.5. The average molecular weight is 555 g/mol. The van der Waals surface area contributed by atoms with Gasteiger partial charge in [-0.25, -0.2) is 4.39 Å². The molecule has 2 heterocycles. The van der Waals surface area contributed by atoms with Crippen LogP contribution in [0.15, 0.2) is 74.9 Å². The lowest BCUT2D eigenvalue weighted by atomic mass is 9.93. The summed E-state index contributed by atoms with van der Waals surface area (Å²) in [6, 6.07) is 9.66. The summed E-state index contributed by atoms with van der Waals surface area (Å²) in [6.45, 7) is 7.58. The number of aryl methyl sites for hydroxylation is 2. The van der Waals surface area contributed by atoms with Gasteiger partial charge in [0.05, 0.1) is 12.0 Å². The summed E-state index contributed by atoms with van der Waals surface area (Å²) >= 11 is 0. The zero-order valence-corrected chi connectivity index (χ0v) is 24.5. The molecule has 41 heavy (non-hydrogen) atoms. The molecular formula is C32H35FN6O2. The Hall–Kier alpha value is -4.71. The number of halogens is 1. The zero-order valence-electron chi connectivity index (χ0n) is 24.5. The second-order valence-corrected chi connectivity index (χ2v) is 10.5. The number of nitrogens with zero attached hydrogens (tertiary/aromatic N) is 4. The van der Waals surface area contributed by atoms with E-state index in [0.29, 0.717) is 33.7 Å². The standard InChI is InChI=1S/C32H35FN6O2/c1-18-12-25(21(4)37-28-9-8-23(33)14-22(28)16-34)26-15-29(39(7)32(41)27(26)13-18)19(2)17-36-30(35-5)24-10-11-38(6)31(40)20(24)3/h8-13,15,17,21-22,37H,14H2,1-7H3,(H,35,36)/b19-17+/t21-,22?/m1/s1. The van der Waals surface area contributed by atoms with Crippen LogP contribution in [0.1, 0.15) is 54.3 Å². The predicted octanol–water partition coefficient (Wildman–Crippen LogP) is 4.81. The third-order valence-corrected chi connectivity index (χ3v) is 7.58. The van der Waals surface area contributed by atoms with Crippen LogP contribution in [0, 0.1) is 31.1 Å². The molecule has 4 rings (SSSR count). The quantitative estimate of drug-likeness (QED) is 0.336. The molecule has 2 atom stereocenters. The van der Waals surface area contributed by atoms with E-state index in [2.05, 4.69) is 21.7 Å². The minimum absolute atomic E-state index is 0.0401. The molecule has 9 heteroatoms. The fourth-order valence-electron chi connectivity index (χ4n) is 5.21. The molecule has 0 saturated heterocycles. The molecule has 0 amide bonds. The molecule has 0 saturated carbocycles. The van der Waals surface area contributed by atoms with Crippen molar-refractivity contribution in [3.8, 4) is 6.07 Å². The molecule has 0 fully saturated rings. The van der Waals surface area contributed by atoms with Crippen molar-refractivity contribution in [3.63, 3.8) is 0 Å². The SMILES string of the molecule is CN=C(N/C=C(\C)c1cc2c([C@@H](C)NC3=CC=C(F)CC3C#N)cc(C)cc2c(=O)n1C)c1ccn(C)c(=O)c1C. The number of benzene rings is 1. The van der Waals surface area contributed by atoms with Gasteiger partial charge in [-0.3, -0.25) is 14.6 Å². The maximum Gasteiger partial charge on any atom is 0.258 e. The van der Waals surface area contributed by atoms with E-state index in [0.717, 1.165) is 22.1 Å². The molecule has 1 aliphatic carbocycles. The van der Waals surface area contributed by atoms with Crippen LogP contribution in [0.25, 0.3) is 16.3 Å². The molecule has 1 aromatic carbocycles. The maximum atomic E-state index is 13.8. The van der Waals surface area contributed by atoms with Crippen LogP contribution in [0.3, 0.4) is 0 Å². The van der Waals surface area contributed by atoms with Gasteiger partial charge >= 0.3 is 0 Å². The zero-order chi connectivity index (χ0) is 30.0. The fourth-order valence-corrected chi connectivity index (χ4v) is 5.21. The van der Waals surface area contributed by atoms with Gasteiger partial charge in [0.1, 0.15) is 11.7 Å². The first-order chi connectivity index (χ1) is 19.5. The van der Waals surface area contributed by atoms with Gasteiger partial charge in [-0.1, -0.05) is 6.07 Å². The van der Waals surface area contributed by atoms with Crippen LogP contribution in [0.5, 0.6) is 0 Å². The molecule has 0 bridgehead atoms. The summed E-state index contributed by atoms with van der Waals surface area (Å²) in [6.07, 6.45) is 6.52. The lowest BCUT2D eigenvalue weighted by Crippen LogP contribution is -2.27. The first-order valence-electron chi connectivity index (χ1n) is 13.4. The van der Waals surface area contributed by atoms with Gasteiger partial charge in [0.15, 0.2) is 0 Å². The van der Waals surface area contributed by atoms with E-state index < -0.39 is 5.92 Å². The Morgan fingerprint density at radius 1 is 1.17 bits per heavy atom. The fraction of sp³-hybridized carbons (Fsp3) is 0.312. The van der Waals surface area contributed by atoms with Crippen LogP contribution in [0.4, 0.5) is 4.39 Å². The van der Waals surface area contributed by atoms with E-state index in [1.807, 2.05) is 45.0 Å². The van der Waals surface area contributed by atoms with Crippen molar-refractivity contribution < 1.29 is 4.39 Å². The molecule has 0 radical (unpaired) electrons. The predicted molar refractivity (Wildman–Crippen MR) is 162 cm³/mol. The van der Waals surface area contributed by atoms with Crippen molar-refractivity contribution in [2.75, 3.05) is 7.05 Å². The maximum absolute atomic E-state index is 13.8. The number of hydrogen-bond acceptors (Lipinski definition) is 5. The molecule has 2 aromatic heterocycles. The molecule has 3 aromatic rings. The highest BCUT2D eigenvalue weighted by atomic mass is 19.1. The third kappa shape index (κ3) is 5.78. The van der Waals surface area contributed by atoms with Crippen molar-refractivity contribution in [2.45, 2.75) is 40.2 Å². The Morgan fingerprint density at radius 3 is 2.59 bits per heavy atom. The van der Waals surface area contributed by atoms with Crippen LogP contribution in [0.2, 0.25) is 0 Å². The minimum Gasteiger partial charge on any atom is -0.381 e. The first kappa shape index (κ1) is 29.3. The van der Waals surface area contributed by atoms with Gasteiger partial charge in [0.2, 0.25) is 0 Å². The normalized spacial score (nSPS) is 16.6. The van der Waals surface area contributed by atoms with Gasteiger partial charge in [0, 0.05) is 73.9 Å². The number of nitriles is 1. The Morgan fingerprint density at radius 2 is 1.90 bits per heavy atom. The van der Waals surface area contributed by atoms with Crippen molar-refractivity contribution in [3.05, 3.63) is 109 Å². The van der Waals surface area contributed by atoms with E-state index in [-0.39, 0.29) is 29.4 Å². The monoisotopic (exact) mass is 554 g/mol. The summed E-state index contributed by atoms with van der Waals surface area (Å²) in [4.78, 5) is 30.4. The van der Waals surface area contributed by atoms with E-state index in [9.17, 15) is 19.2 Å². The van der Waals surface area contributed by atoms with Gasteiger partial charge < -0.3 is 19.8 Å². The average Bonchev–Trinajstić information content (AvgIpc) is 2.95. The highest BCUT2D eigenvalue weighted by Crippen LogP contribution is 2.30. The number of fused-ring (bicyclic) bond motifs is 1. The van der Waals surface area contributed by atoms with Crippen molar-refractivity contribution in [1.82, 2.24) is 19.8 Å². The summed E-state index contributed by atoms with van der Waals surface area (Å²) < 4.78 is 16.9. The Balaban J connectivity index is 1.75. The van der Waals surface area contributed by atoms with E-state index in [1.54, 1.807) is 51.1 Å². The van der Waals surface area contributed by atoms with Crippen LogP contribution in [-0.4, -0.2) is 22.0 Å². The Bertz CT molecular complexity index is 1820. The van der Waals surface area contributed by atoms with E-state index in [4.69, 9.17) is 0 Å². The van der Waals surface area contributed by atoms with Gasteiger partial charge in [0.25, 0.3) is 11.1 Å². The van der Waals surface area contributed by atoms with Gasteiger partial charge in [-0.2, -0.15) is 5.26 Å². The molecular weight excluding hydrogens is 519 g/mol. The van der Waals surface area contributed by atoms with E-state index in [1.165, 1.54) is 10.6 Å². The number of allylic oxidation sites excluding steroid dienone is 5. The number of aliphatic imine (C=N–C) groups is 1. The molecule has 2 N–H and O–H groups in total. The second kappa shape index (κ2) is 11.8. The Kier molecular flexibility index (Phi) is 8.43. The number of hydrogen-bond donors (Lipinski definition) is 2. The Labute approximate surface area is 238 Å². The van der Waals surface area contributed by atoms with E-state index >= 15 is 0 Å².